The van der Waals surface area contributed by atoms with Gasteiger partial charge in [-0.1, -0.05) is 37.3 Å². The number of piperazine rings is 1. The van der Waals surface area contributed by atoms with Crippen LogP contribution in [-0.2, 0) is 14.8 Å². The summed E-state index contributed by atoms with van der Waals surface area (Å²) in [5.41, 5.74) is 1.25. The van der Waals surface area contributed by atoms with Crippen LogP contribution in [0.4, 0.5) is 0 Å². The normalized spacial score (nSPS) is 19.8. The maximum atomic E-state index is 13.0. The van der Waals surface area contributed by atoms with Crippen molar-refractivity contribution >= 4 is 15.9 Å². The lowest BCUT2D eigenvalue weighted by Gasteiger charge is -2.33. The van der Waals surface area contributed by atoms with Gasteiger partial charge in [0.05, 0.1) is 18.0 Å². The van der Waals surface area contributed by atoms with E-state index in [2.05, 4.69) is 11.2 Å². The molecule has 0 spiro atoms. The molecule has 28 heavy (non-hydrogen) atoms. The van der Waals surface area contributed by atoms with Crippen LogP contribution in [0.15, 0.2) is 29.2 Å². The van der Waals surface area contributed by atoms with Gasteiger partial charge in [0.25, 0.3) is 0 Å². The Balaban J connectivity index is 1.56. The van der Waals surface area contributed by atoms with Crippen molar-refractivity contribution in [3.8, 4) is 12.3 Å². The predicted molar refractivity (Wildman–Crippen MR) is 109 cm³/mol. The third kappa shape index (κ3) is 5.13. The molecule has 0 bridgehead atoms. The number of rotatable bonds is 6. The molecule has 1 aromatic carbocycles. The summed E-state index contributed by atoms with van der Waals surface area (Å²) in [6.45, 7) is 2.28. The number of carbonyl (C=O) groups excluding carboxylic acids is 1. The largest absolute Gasteiger partial charge is 0.344 e. The zero-order chi connectivity index (χ0) is 20.0. The van der Waals surface area contributed by atoms with Gasteiger partial charge in [-0.2, -0.15) is 4.31 Å². The first kappa shape index (κ1) is 20.8. The van der Waals surface area contributed by atoms with Crippen LogP contribution in [0, 0.1) is 12.3 Å². The Morgan fingerprint density at radius 2 is 1.71 bits per heavy atom. The summed E-state index contributed by atoms with van der Waals surface area (Å²) in [5, 5.41) is 2.63. The van der Waals surface area contributed by atoms with Crippen LogP contribution in [0.5, 0.6) is 0 Å². The molecule has 1 heterocycles. The topological polar surface area (TPSA) is 69.7 Å². The van der Waals surface area contributed by atoms with E-state index in [-0.39, 0.29) is 19.0 Å². The number of terminal acetylenes is 1. The Hall–Kier alpha value is -1.88. The van der Waals surface area contributed by atoms with E-state index in [1.165, 1.54) is 42.0 Å². The van der Waals surface area contributed by atoms with Gasteiger partial charge in [0.15, 0.2) is 0 Å². The van der Waals surface area contributed by atoms with Gasteiger partial charge in [-0.15, -0.1) is 6.42 Å². The Kier molecular flexibility index (Phi) is 7.11. The molecule has 152 valence electrons. The van der Waals surface area contributed by atoms with Crippen LogP contribution in [0.3, 0.4) is 0 Å². The molecule has 0 aromatic heterocycles. The summed E-state index contributed by atoms with van der Waals surface area (Å²) >= 11 is 0. The highest BCUT2D eigenvalue weighted by Gasteiger charge is 2.29. The molecule has 7 heteroatoms. The molecule has 0 unspecified atom stereocenters. The van der Waals surface area contributed by atoms with Crippen molar-refractivity contribution in [1.29, 1.82) is 0 Å². The fourth-order valence-corrected chi connectivity index (χ4v) is 5.46. The first-order valence-corrected chi connectivity index (χ1v) is 11.5. The number of hydrogen-bond acceptors (Lipinski definition) is 4. The quantitative estimate of drug-likeness (QED) is 0.736. The van der Waals surface area contributed by atoms with E-state index >= 15 is 0 Å². The minimum absolute atomic E-state index is 0.132. The van der Waals surface area contributed by atoms with E-state index < -0.39 is 10.0 Å². The fourth-order valence-electron chi connectivity index (χ4n) is 4.03. The first-order chi connectivity index (χ1) is 13.5. The molecule has 1 N–H and O–H groups in total. The molecule has 1 saturated carbocycles. The summed E-state index contributed by atoms with van der Waals surface area (Å²) in [4.78, 5) is 14.1. The third-order valence-electron chi connectivity index (χ3n) is 5.68. The van der Waals surface area contributed by atoms with Crippen molar-refractivity contribution in [3.05, 3.63) is 29.8 Å². The summed E-state index contributed by atoms with van der Waals surface area (Å²) in [6.07, 6.45) is 11.4. The fraction of sp³-hybridized carbons (Fsp3) is 0.571. The molecule has 1 saturated heterocycles. The van der Waals surface area contributed by atoms with Gasteiger partial charge < -0.3 is 5.32 Å². The summed E-state index contributed by atoms with van der Waals surface area (Å²) < 4.78 is 27.4. The molecule has 1 aromatic rings. The average molecular weight is 404 g/mol. The molecule has 1 amide bonds. The van der Waals surface area contributed by atoms with Crippen molar-refractivity contribution in [2.75, 3.05) is 39.3 Å². The van der Waals surface area contributed by atoms with Gasteiger partial charge in [0, 0.05) is 26.2 Å². The third-order valence-corrected chi connectivity index (χ3v) is 7.59. The first-order valence-electron chi connectivity index (χ1n) is 10.0. The average Bonchev–Trinajstić information content (AvgIpc) is 2.73. The van der Waals surface area contributed by atoms with Crippen LogP contribution >= 0.6 is 0 Å². The van der Waals surface area contributed by atoms with Gasteiger partial charge in [0.1, 0.15) is 0 Å². The van der Waals surface area contributed by atoms with Gasteiger partial charge in [-0.25, -0.2) is 8.42 Å². The summed E-state index contributed by atoms with van der Waals surface area (Å²) in [7, 11) is -3.50. The molecular weight excluding hydrogens is 374 g/mol. The lowest BCUT2D eigenvalue weighted by Crippen LogP contribution is -2.51. The number of benzene rings is 1. The number of sulfonamides is 1. The van der Waals surface area contributed by atoms with Gasteiger partial charge in [0.2, 0.25) is 15.9 Å². The SMILES string of the molecule is C#CCNC(=O)CN1CCN(S(=O)(=O)c2ccc(C3CCCCC3)cc2)CC1. The predicted octanol–water partition coefficient (Wildman–Crippen LogP) is 1.79. The van der Waals surface area contributed by atoms with E-state index in [9.17, 15) is 13.2 Å². The lowest BCUT2D eigenvalue weighted by molar-refractivity contribution is -0.122. The Morgan fingerprint density at radius 3 is 2.32 bits per heavy atom. The minimum atomic E-state index is -3.50. The smallest absolute Gasteiger partial charge is 0.243 e. The van der Waals surface area contributed by atoms with E-state index in [1.54, 1.807) is 12.1 Å². The number of amides is 1. The molecule has 3 rings (SSSR count). The summed E-state index contributed by atoms with van der Waals surface area (Å²) in [5.74, 6) is 2.80. The van der Waals surface area contributed by atoms with E-state index in [4.69, 9.17) is 6.42 Å². The molecule has 1 aliphatic heterocycles. The lowest BCUT2D eigenvalue weighted by atomic mass is 9.84. The Bertz CT molecular complexity index is 800. The molecule has 0 radical (unpaired) electrons. The number of nitrogens with zero attached hydrogens (tertiary/aromatic N) is 2. The van der Waals surface area contributed by atoms with Crippen LogP contribution in [-0.4, -0.2) is 62.8 Å². The zero-order valence-electron chi connectivity index (χ0n) is 16.3. The highest BCUT2D eigenvalue weighted by atomic mass is 32.2. The van der Waals surface area contributed by atoms with Gasteiger partial charge in [-0.3, -0.25) is 9.69 Å². The second-order valence-electron chi connectivity index (χ2n) is 7.57. The highest BCUT2D eigenvalue weighted by Crippen LogP contribution is 2.33. The van der Waals surface area contributed by atoms with E-state index in [0.717, 1.165) is 0 Å². The monoisotopic (exact) mass is 403 g/mol. The van der Waals surface area contributed by atoms with Crippen molar-refractivity contribution in [2.45, 2.75) is 42.9 Å². The maximum absolute atomic E-state index is 13.0. The minimum Gasteiger partial charge on any atom is -0.344 e. The van der Waals surface area contributed by atoms with Gasteiger partial charge in [-0.05, 0) is 36.5 Å². The Labute approximate surface area is 168 Å². The van der Waals surface area contributed by atoms with Gasteiger partial charge >= 0.3 is 0 Å². The molecule has 2 aliphatic rings. The van der Waals surface area contributed by atoms with Crippen LogP contribution in [0.1, 0.15) is 43.6 Å². The van der Waals surface area contributed by atoms with Crippen molar-refractivity contribution in [3.63, 3.8) is 0 Å². The molecule has 0 atom stereocenters. The molecular formula is C21H29N3O3S. The zero-order valence-corrected chi connectivity index (χ0v) is 17.1. The molecule has 1 aliphatic carbocycles. The van der Waals surface area contributed by atoms with Crippen LogP contribution in [0.25, 0.3) is 0 Å². The van der Waals surface area contributed by atoms with E-state index in [1.807, 2.05) is 17.0 Å². The van der Waals surface area contributed by atoms with Crippen molar-refractivity contribution < 1.29 is 13.2 Å². The number of hydrogen-bond donors (Lipinski definition) is 1. The highest BCUT2D eigenvalue weighted by molar-refractivity contribution is 7.89. The molecule has 6 nitrogen and oxygen atoms in total. The van der Waals surface area contributed by atoms with Crippen LogP contribution in [0.2, 0.25) is 0 Å². The number of nitrogens with one attached hydrogen (secondary N) is 1. The van der Waals surface area contributed by atoms with E-state index in [0.29, 0.717) is 37.0 Å². The Morgan fingerprint density at radius 1 is 1.07 bits per heavy atom. The maximum Gasteiger partial charge on any atom is 0.243 e. The van der Waals surface area contributed by atoms with Crippen molar-refractivity contribution in [2.24, 2.45) is 0 Å². The molecule has 2 fully saturated rings. The second-order valence-corrected chi connectivity index (χ2v) is 9.50. The van der Waals surface area contributed by atoms with Crippen LogP contribution < -0.4 is 5.32 Å². The standard InChI is InChI=1S/C21H29N3O3S/c1-2-12-22-21(25)17-23-13-15-24(16-14-23)28(26,27)20-10-8-19(9-11-20)18-6-4-3-5-7-18/h1,8-11,18H,3-7,12-17H2,(H,22,25). The second kappa shape index (κ2) is 9.55. The summed E-state index contributed by atoms with van der Waals surface area (Å²) in [6, 6.07) is 7.46. The number of carbonyl (C=O) groups is 1. The van der Waals surface area contributed by atoms with Crippen molar-refractivity contribution in [1.82, 2.24) is 14.5 Å².